The minimum atomic E-state index is -3.77. The highest BCUT2D eigenvalue weighted by Gasteiger charge is 2.89. The van der Waals surface area contributed by atoms with Crippen molar-refractivity contribution in [1.29, 1.82) is 0 Å². The van der Waals surface area contributed by atoms with Gasteiger partial charge in [-0.15, -0.1) is 0 Å². The van der Waals surface area contributed by atoms with Gasteiger partial charge in [-0.05, 0) is 45.5 Å². The summed E-state index contributed by atoms with van der Waals surface area (Å²) in [4.78, 5) is 61.5. The van der Waals surface area contributed by atoms with Gasteiger partial charge in [-0.2, -0.15) is 18.7 Å². The molecule has 10 nitrogen and oxygen atoms in total. The summed E-state index contributed by atoms with van der Waals surface area (Å²) in [5, 5.41) is -4.48. The van der Waals surface area contributed by atoms with Gasteiger partial charge in [0.25, 0.3) is 0 Å². The second-order valence-electron chi connectivity index (χ2n) is 15.0. The molecule has 0 spiro atoms. The minimum Gasteiger partial charge on any atom is -0.245 e. The normalized spacial score (nSPS) is 20.7. The van der Waals surface area contributed by atoms with E-state index in [-0.39, 0.29) is 0 Å². The second-order valence-corrected chi connectivity index (χ2v) is 20.9. The van der Waals surface area contributed by atoms with Crippen molar-refractivity contribution < 1.29 is 0 Å². The van der Waals surface area contributed by atoms with Crippen LogP contribution in [0.15, 0.2) is 141 Å². The molecule has 2 aromatic heterocycles. The fraction of sp³-hybridized carbons (Fsp3) is 0.263. The number of rotatable bonds is 4. The SMILES string of the molecule is CC(C)(C)[Si]1(C(C)(C)C)C2(c3ccccc3)n3c(=O)n(-c4ccccc4)c(=O)n3C1(c1ccccc1)n1c(=O)n(-c3ccccc3)c(=O)n12. The number of benzene rings is 4. The first-order chi connectivity index (χ1) is 23.3. The summed E-state index contributed by atoms with van der Waals surface area (Å²) in [7, 11) is -3.77. The van der Waals surface area contributed by atoms with Crippen LogP contribution in [0, 0.1) is 0 Å². The van der Waals surface area contributed by atoms with Crippen LogP contribution in [0.4, 0.5) is 0 Å². The highest BCUT2D eigenvalue weighted by molar-refractivity contribution is 6.91. The largest absolute Gasteiger partial charge is 0.354 e. The molecule has 0 unspecified atom stereocenters. The molecule has 0 N–H and O–H groups in total. The molecular weight excluding hydrogens is 633 g/mol. The lowest BCUT2D eigenvalue weighted by Gasteiger charge is -2.58. The van der Waals surface area contributed by atoms with Gasteiger partial charge in [-0.25, -0.2) is 28.3 Å². The highest BCUT2D eigenvalue weighted by Crippen LogP contribution is 2.72. The lowest BCUT2D eigenvalue weighted by molar-refractivity contribution is 0.175. The van der Waals surface area contributed by atoms with E-state index in [1.165, 1.54) is 9.13 Å². The summed E-state index contributed by atoms with van der Waals surface area (Å²) in [6, 6.07) is 36.7. The van der Waals surface area contributed by atoms with Crippen molar-refractivity contribution in [2.75, 3.05) is 0 Å². The second kappa shape index (κ2) is 9.82. The van der Waals surface area contributed by atoms with Crippen LogP contribution in [0.25, 0.3) is 11.4 Å². The molecule has 0 amide bonds. The fourth-order valence-corrected chi connectivity index (χ4v) is 20.3. The molecule has 4 aromatic carbocycles. The number of hydrogen-bond acceptors (Lipinski definition) is 4. The summed E-state index contributed by atoms with van der Waals surface area (Å²) >= 11 is 0. The third-order valence-electron chi connectivity index (χ3n) is 10.8. The van der Waals surface area contributed by atoms with Crippen LogP contribution in [-0.4, -0.2) is 35.9 Å². The van der Waals surface area contributed by atoms with E-state index in [1.54, 1.807) is 67.3 Å². The quantitative estimate of drug-likeness (QED) is 0.250. The van der Waals surface area contributed by atoms with Gasteiger partial charge in [0, 0.05) is 0 Å². The monoisotopic (exact) mass is 670 g/mol. The Balaban J connectivity index is 1.76. The number of hydrogen-bond donors (Lipinski definition) is 0. The minimum absolute atomic E-state index is 0.398. The van der Waals surface area contributed by atoms with Gasteiger partial charge < -0.3 is 0 Å². The molecule has 0 radical (unpaired) electrons. The van der Waals surface area contributed by atoms with E-state index in [1.807, 2.05) is 72.8 Å². The summed E-state index contributed by atoms with van der Waals surface area (Å²) in [5.41, 5.74) is -0.219. The zero-order chi connectivity index (χ0) is 34.7. The van der Waals surface area contributed by atoms with Crippen LogP contribution in [0.1, 0.15) is 52.7 Å². The van der Waals surface area contributed by atoms with Crippen molar-refractivity contribution in [3.05, 3.63) is 174 Å². The molecule has 2 aliphatic heterocycles. The Labute approximate surface area is 283 Å². The Hall–Kier alpha value is -5.42. The van der Waals surface area contributed by atoms with Crippen molar-refractivity contribution in [2.24, 2.45) is 0 Å². The molecule has 6 aromatic rings. The molecule has 2 aliphatic rings. The zero-order valence-electron chi connectivity index (χ0n) is 28.4. The Morgan fingerprint density at radius 1 is 0.408 bits per heavy atom. The van der Waals surface area contributed by atoms with Gasteiger partial charge in [0.1, 0.15) is 0 Å². The Bertz CT molecular complexity index is 2240. The van der Waals surface area contributed by atoms with Gasteiger partial charge in [-0.1, -0.05) is 139 Å². The maximum Gasteiger partial charge on any atom is 0.354 e. The summed E-state index contributed by atoms with van der Waals surface area (Å²) in [6.07, 6.45) is 0. The third-order valence-corrected chi connectivity index (χ3v) is 18.8. The van der Waals surface area contributed by atoms with E-state index in [9.17, 15) is 0 Å². The van der Waals surface area contributed by atoms with Gasteiger partial charge in [0.05, 0.1) is 11.4 Å². The number of aromatic nitrogens is 6. The predicted molar refractivity (Wildman–Crippen MR) is 192 cm³/mol. The highest BCUT2D eigenvalue weighted by atomic mass is 28.3. The van der Waals surface area contributed by atoms with Crippen LogP contribution < -0.4 is 22.8 Å². The van der Waals surface area contributed by atoms with Crippen molar-refractivity contribution in [3.8, 4) is 11.4 Å². The maximum absolute atomic E-state index is 15.4. The van der Waals surface area contributed by atoms with Gasteiger partial charge >= 0.3 is 22.8 Å². The van der Waals surface area contributed by atoms with E-state index in [4.69, 9.17) is 0 Å². The first-order valence-electron chi connectivity index (χ1n) is 16.5. The fourth-order valence-electron chi connectivity index (χ4n) is 10.2. The van der Waals surface area contributed by atoms with Gasteiger partial charge in [0.15, 0.2) is 18.6 Å². The lowest BCUT2D eigenvalue weighted by Crippen LogP contribution is -2.76. The molecule has 49 heavy (non-hydrogen) atoms. The number of nitrogens with zero attached hydrogens (tertiary/aromatic N) is 6. The van der Waals surface area contributed by atoms with Crippen LogP contribution in [-0.2, 0) is 10.6 Å². The standard InChI is InChI=1S/C38H38N6O4Si/c1-35(2,3)49(36(4,5)6)37(27-19-11-7-12-20-27)41-31(45)39(29-23-15-9-16-24-29)33(47)43(41)38(49,28-21-13-8-14-22-28)44-34(48)40(32(46)42(37)44)30-25-17-10-18-26-30/h7-26H,1-6H3. The third kappa shape index (κ3) is 3.26. The summed E-state index contributed by atoms with van der Waals surface area (Å²) in [5.74, 6) is 0. The van der Waals surface area contributed by atoms with Crippen LogP contribution in [0.3, 0.4) is 0 Å². The molecule has 248 valence electrons. The molecule has 0 fully saturated rings. The Kier molecular flexibility index (Phi) is 6.19. The van der Waals surface area contributed by atoms with E-state index < -0.39 is 51.5 Å². The number of para-hydroxylation sites is 2. The Morgan fingerprint density at radius 2 is 0.653 bits per heavy atom. The average Bonchev–Trinajstić information content (AvgIpc) is 3.71. The van der Waals surface area contributed by atoms with E-state index in [0.29, 0.717) is 22.5 Å². The molecular formula is C38H38N6O4Si. The van der Waals surface area contributed by atoms with Crippen LogP contribution in [0.5, 0.6) is 0 Å². The molecule has 11 heteroatoms. The maximum atomic E-state index is 15.4. The summed E-state index contributed by atoms with van der Waals surface area (Å²) in [6.45, 7) is 12.8. The van der Waals surface area contributed by atoms with Crippen molar-refractivity contribution >= 4 is 8.07 Å². The molecule has 2 bridgehead atoms. The van der Waals surface area contributed by atoms with Crippen molar-refractivity contribution in [3.63, 3.8) is 0 Å². The first-order valence-corrected chi connectivity index (χ1v) is 18.5. The average molecular weight is 671 g/mol. The van der Waals surface area contributed by atoms with Crippen molar-refractivity contribution in [1.82, 2.24) is 27.9 Å². The lowest BCUT2D eigenvalue weighted by atomic mass is 10.1. The van der Waals surface area contributed by atoms with E-state index in [0.717, 1.165) is 0 Å². The van der Waals surface area contributed by atoms with Crippen LogP contribution in [0.2, 0.25) is 10.1 Å². The summed E-state index contributed by atoms with van der Waals surface area (Å²) < 4.78 is 8.53. The van der Waals surface area contributed by atoms with Gasteiger partial charge in [0.2, 0.25) is 0 Å². The first kappa shape index (κ1) is 30.9. The molecule has 0 aliphatic carbocycles. The molecule has 4 heterocycles. The molecule has 0 saturated carbocycles. The van der Waals surface area contributed by atoms with Crippen LogP contribution >= 0.6 is 0 Å². The smallest absolute Gasteiger partial charge is 0.245 e. The molecule has 0 atom stereocenters. The van der Waals surface area contributed by atoms with Crippen molar-refractivity contribution in [2.45, 2.75) is 62.2 Å². The van der Waals surface area contributed by atoms with E-state index >= 15 is 19.2 Å². The zero-order valence-corrected chi connectivity index (χ0v) is 29.4. The predicted octanol–water partition coefficient (Wildman–Crippen LogP) is 4.87. The van der Waals surface area contributed by atoms with E-state index in [2.05, 4.69) is 41.5 Å². The van der Waals surface area contributed by atoms with Gasteiger partial charge in [-0.3, -0.25) is 0 Å². The molecule has 0 saturated heterocycles. The topological polar surface area (TPSA) is 97.9 Å². The number of fused-ring (bicyclic) bond motifs is 8. The molecule has 8 rings (SSSR count). The Morgan fingerprint density at radius 3 is 0.898 bits per heavy atom.